The van der Waals surface area contributed by atoms with Crippen LogP contribution < -0.4 is 10.1 Å². The number of fused-ring (bicyclic) bond motifs is 1. The minimum Gasteiger partial charge on any atom is -0.493 e. The molecule has 1 aromatic rings. The first-order valence-electron chi connectivity index (χ1n) is 6.98. The van der Waals surface area contributed by atoms with E-state index in [1.54, 1.807) is 0 Å². The Hall–Kier alpha value is -1.06. The number of ether oxygens (including phenoxy) is 1. The van der Waals surface area contributed by atoms with Crippen molar-refractivity contribution >= 4 is 0 Å². The summed E-state index contributed by atoms with van der Waals surface area (Å²) in [7, 11) is 2.07. The van der Waals surface area contributed by atoms with Gasteiger partial charge in [0.05, 0.1) is 6.61 Å². The molecule has 1 saturated heterocycles. The van der Waals surface area contributed by atoms with Crippen LogP contribution in [0.25, 0.3) is 0 Å². The van der Waals surface area contributed by atoms with Gasteiger partial charge in [0.15, 0.2) is 0 Å². The minimum atomic E-state index is 0.553. The van der Waals surface area contributed by atoms with Gasteiger partial charge in [-0.05, 0) is 32.5 Å². The van der Waals surface area contributed by atoms with Crippen LogP contribution in [0.4, 0.5) is 0 Å². The Balaban J connectivity index is 1.64. The van der Waals surface area contributed by atoms with Crippen LogP contribution in [0, 0.1) is 0 Å². The Morgan fingerprint density at radius 3 is 3.17 bits per heavy atom. The van der Waals surface area contributed by atoms with E-state index in [0.29, 0.717) is 12.0 Å². The van der Waals surface area contributed by atoms with Gasteiger partial charge < -0.3 is 15.0 Å². The lowest BCUT2D eigenvalue weighted by atomic mass is 9.98. The molecule has 0 saturated carbocycles. The third kappa shape index (κ3) is 2.38. The van der Waals surface area contributed by atoms with Crippen molar-refractivity contribution in [3.8, 4) is 5.75 Å². The molecular formula is C15H22N2O. The number of nitrogens with zero attached hydrogens (tertiary/aromatic N) is 1. The highest BCUT2D eigenvalue weighted by atomic mass is 16.5. The molecule has 2 atom stereocenters. The van der Waals surface area contributed by atoms with Crippen LogP contribution in [0.1, 0.15) is 24.3 Å². The van der Waals surface area contributed by atoms with Crippen LogP contribution in [-0.2, 0) is 0 Å². The van der Waals surface area contributed by atoms with Gasteiger partial charge in [0.1, 0.15) is 5.75 Å². The second-order valence-electron chi connectivity index (χ2n) is 5.43. The van der Waals surface area contributed by atoms with Gasteiger partial charge in [0, 0.05) is 30.6 Å². The summed E-state index contributed by atoms with van der Waals surface area (Å²) < 4.78 is 5.76. The van der Waals surface area contributed by atoms with Crippen molar-refractivity contribution < 1.29 is 4.74 Å². The van der Waals surface area contributed by atoms with E-state index in [9.17, 15) is 0 Å². The molecule has 98 valence electrons. The van der Waals surface area contributed by atoms with E-state index < -0.39 is 0 Å². The van der Waals surface area contributed by atoms with Gasteiger partial charge in [0.25, 0.3) is 0 Å². The van der Waals surface area contributed by atoms with E-state index in [1.165, 1.54) is 31.5 Å². The molecule has 2 heterocycles. The van der Waals surface area contributed by atoms with Crippen molar-refractivity contribution in [2.75, 3.05) is 33.3 Å². The van der Waals surface area contributed by atoms with E-state index in [1.807, 2.05) is 0 Å². The summed E-state index contributed by atoms with van der Waals surface area (Å²) in [6.07, 6.45) is 2.62. The largest absolute Gasteiger partial charge is 0.493 e. The van der Waals surface area contributed by atoms with Crippen LogP contribution in [0.3, 0.4) is 0 Å². The fraction of sp³-hybridized carbons (Fsp3) is 0.600. The molecule has 0 aliphatic carbocycles. The molecular weight excluding hydrogens is 224 g/mol. The Bertz CT molecular complexity index is 407. The average Bonchev–Trinajstić information content (AvgIpc) is 2.83. The molecule has 1 fully saturated rings. The maximum Gasteiger partial charge on any atom is 0.122 e. The molecule has 3 rings (SSSR count). The van der Waals surface area contributed by atoms with Gasteiger partial charge in [-0.3, -0.25) is 0 Å². The highest BCUT2D eigenvalue weighted by Gasteiger charge is 2.27. The number of hydrogen-bond donors (Lipinski definition) is 1. The van der Waals surface area contributed by atoms with E-state index in [2.05, 4.69) is 41.5 Å². The first kappa shape index (κ1) is 12.0. The SMILES string of the molecule is CNC1CCCN(CC2COc3ccccc32)C1. The lowest BCUT2D eigenvalue weighted by Crippen LogP contribution is -2.45. The summed E-state index contributed by atoms with van der Waals surface area (Å²) in [5.74, 6) is 1.64. The normalized spacial score (nSPS) is 27.8. The molecule has 2 aliphatic heterocycles. The number of para-hydroxylation sites is 1. The summed E-state index contributed by atoms with van der Waals surface area (Å²) in [5.41, 5.74) is 1.39. The molecule has 3 nitrogen and oxygen atoms in total. The van der Waals surface area contributed by atoms with Crippen molar-refractivity contribution in [1.29, 1.82) is 0 Å². The van der Waals surface area contributed by atoms with Crippen LogP contribution >= 0.6 is 0 Å². The summed E-state index contributed by atoms with van der Waals surface area (Å²) in [5, 5.41) is 3.41. The van der Waals surface area contributed by atoms with Gasteiger partial charge in [-0.25, -0.2) is 0 Å². The fourth-order valence-electron chi connectivity index (χ4n) is 3.15. The van der Waals surface area contributed by atoms with Gasteiger partial charge in [-0.15, -0.1) is 0 Å². The van der Waals surface area contributed by atoms with E-state index in [4.69, 9.17) is 4.74 Å². The van der Waals surface area contributed by atoms with Crippen molar-refractivity contribution in [1.82, 2.24) is 10.2 Å². The second kappa shape index (κ2) is 5.29. The quantitative estimate of drug-likeness (QED) is 0.881. The smallest absolute Gasteiger partial charge is 0.122 e. The molecule has 2 aliphatic rings. The number of benzene rings is 1. The molecule has 0 amide bonds. The predicted molar refractivity (Wildman–Crippen MR) is 73.2 cm³/mol. The number of hydrogen-bond acceptors (Lipinski definition) is 3. The van der Waals surface area contributed by atoms with E-state index in [0.717, 1.165) is 18.9 Å². The van der Waals surface area contributed by atoms with Crippen molar-refractivity contribution in [2.45, 2.75) is 24.8 Å². The summed E-state index contributed by atoms with van der Waals surface area (Å²) in [4.78, 5) is 2.58. The zero-order chi connectivity index (χ0) is 12.4. The number of nitrogens with one attached hydrogen (secondary N) is 1. The Labute approximate surface area is 109 Å². The van der Waals surface area contributed by atoms with Crippen LogP contribution in [-0.4, -0.2) is 44.2 Å². The van der Waals surface area contributed by atoms with Gasteiger partial charge >= 0.3 is 0 Å². The maximum absolute atomic E-state index is 5.76. The summed E-state index contributed by atoms with van der Waals surface area (Å²) in [6.45, 7) is 4.39. The summed E-state index contributed by atoms with van der Waals surface area (Å²) in [6, 6.07) is 9.14. The van der Waals surface area contributed by atoms with Crippen LogP contribution in [0.5, 0.6) is 5.75 Å². The maximum atomic E-state index is 5.76. The Morgan fingerprint density at radius 2 is 2.28 bits per heavy atom. The van der Waals surface area contributed by atoms with Gasteiger partial charge in [0.2, 0.25) is 0 Å². The third-order valence-electron chi connectivity index (χ3n) is 4.19. The standard InChI is InChI=1S/C15H22N2O/c1-16-13-5-4-8-17(10-13)9-12-11-18-15-7-3-2-6-14(12)15/h2-3,6-7,12-13,16H,4-5,8-11H2,1H3. The average molecular weight is 246 g/mol. The molecule has 18 heavy (non-hydrogen) atoms. The molecule has 0 aromatic heterocycles. The zero-order valence-corrected chi connectivity index (χ0v) is 11.1. The van der Waals surface area contributed by atoms with Crippen molar-refractivity contribution in [3.63, 3.8) is 0 Å². The lowest BCUT2D eigenvalue weighted by molar-refractivity contribution is 0.176. The second-order valence-corrected chi connectivity index (χ2v) is 5.43. The molecule has 1 aromatic carbocycles. The molecule has 1 N–H and O–H groups in total. The molecule has 0 radical (unpaired) electrons. The Morgan fingerprint density at radius 1 is 1.39 bits per heavy atom. The Kier molecular flexibility index (Phi) is 3.52. The van der Waals surface area contributed by atoms with Crippen LogP contribution in [0.15, 0.2) is 24.3 Å². The predicted octanol–water partition coefficient (Wildman–Crippen LogP) is 1.85. The first-order chi connectivity index (χ1) is 8.86. The highest BCUT2D eigenvalue weighted by molar-refractivity contribution is 5.39. The first-order valence-corrected chi connectivity index (χ1v) is 6.98. The van der Waals surface area contributed by atoms with Gasteiger partial charge in [-0.1, -0.05) is 18.2 Å². The van der Waals surface area contributed by atoms with Gasteiger partial charge in [-0.2, -0.15) is 0 Å². The topological polar surface area (TPSA) is 24.5 Å². The number of piperidine rings is 1. The van der Waals surface area contributed by atoms with Crippen molar-refractivity contribution in [3.05, 3.63) is 29.8 Å². The minimum absolute atomic E-state index is 0.553. The number of likely N-dealkylation sites (N-methyl/N-ethyl adjacent to an activating group) is 1. The molecule has 2 unspecified atom stereocenters. The highest BCUT2D eigenvalue weighted by Crippen LogP contribution is 2.34. The molecule has 0 bridgehead atoms. The monoisotopic (exact) mass is 246 g/mol. The fourth-order valence-corrected chi connectivity index (χ4v) is 3.15. The van der Waals surface area contributed by atoms with Crippen molar-refractivity contribution in [2.24, 2.45) is 0 Å². The number of rotatable bonds is 3. The molecule has 3 heteroatoms. The zero-order valence-electron chi connectivity index (χ0n) is 11.1. The van der Waals surface area contributed by atoms with E-state index in [-0.39, 0.29) is 0 Å². The molecule has 0 spiro atoms. The van der Waals surface area contributed by atoms with Crippen LogP contribution in [0.2, 0.25) is 0 Å². The van der Waals surface area contributed by atoms with E-state index >= 15 is 0 Å². The number of likely N-dealkylation sites (tertiary alicyclic amines) is 1. The third-order valence-corrected chi connectivity index (χ3v) is 4.19. The lowest BCUT2D eigenvalue weighted by Gasteiger charge is -2.33. The summed E-state index contributed by atoms with van der Waals surface area (Å²) >= 11 is 0.